The normalized spacial score (nSPS) is 12.8. The van der Waals surface area contributed by atoms with Gasteiger partial charge in [0.05, 0.1) is 57.5 Å². The molecule has 14 nitrogen and oxygen atoms in total. The van der Waals surface area contributed by atoms with Gasteiger partial charge >= 0.3 is 6.98 Å². The molecule has 0 atom stereocenters. The number of ether oxygens (including phenoxy) is 1. The summed E-state index contributed by atoms with van der Waals surface area (Å²) in [5.74, 6) is 0.479. The fourth-order valence-electron chi connectivity index (χ4n) is 6.99. The first kappa shape index (κ1) is 43.8. The van der Waals surface area contributed by atoms with Crippen molar-refractivity contribution in [2.45, 2.75) is 50.6 Å². The van der Waals surface area contributed by atoms with Crippen LogP contribution in [0.15, 0.2) is 75.0 Å². The number of quaternary nitrogens is 1. The summed E-state index contributed by atoms with van der Waals surface area (Å²) < 4.78 is 120. The number of benzene rings is 3. The van der Waals surface area contributed by atoms with Gasteiger partial charge in [0.2, 0.25) is 15.4 Å². The highest BCUT2D eigenvalue weighted by Crippen LogP contribution is 2.43. The number of rotatable bonds is 19. The van der Waals surface area contributed by atoms with Gasteiger partial charge in [0.25, 0.3) is 10.1 Å². The van der Waals surface area contributed by atoms with E-state index in [1.165, 1.54) is 37.1 Å². The molecular formula is C37H50BF3N7O7S2+. The van der Waals surface area contributed by atoms with Gasteiger partial charge in [-0.05, 0) is 58.0 Å². The number of anilines is 1. The second kappa shape index (κ2) is 17.7. The lowest BCUT2D eigenvalue weighted by Crippen LogP contribution is -2.48. The zero-order chi connectivity index (χ0) is 41.8. The first-order chi connectivity index (χ1) is 26.8. The van der Waals surface area contributed by atoms with E-state index in [0.717, 1.165) is 43.3 Å². The lowest BCUT2D eigenvalue weighted by atomic mass is 9.90. The van der Waals surface area contributed by atoms with Crippen LogP contribution in [0.3, 0.4) is 0 Å². The van der Waals surface area contributed by atoms with Crippen LogP contribution in [0.4, 0.5) is 18.6 Å². The van der Waals surface area contributed by atoms with Gasteiger partial charge < -0.3 is 31.5 Å². The van der Waals surface area contributed by atoms with Gasteiger partial charge in [0, 0.05) is 59.5 Å². The summed E-state index contributed by atoms with van der Waals surface area (Å²) in [6.45, 7) is 6.32. The van der Waals surface area contributed by atoms with Crippen molar-refractivity contribution in [3.05, 3.63) is 71.8 Å². The van der Waals surface area contributed by atoms with E-state index in [2.05, 4.69) is 24.5 Å². The predicted molar refractivity (Wildman–Crippen MR) is 214 cm³/mol. The zero-order valence-corrected chi connectivity index (χ0v) is 34.6. The molecule has 0 bridgehead atoms. The first-order valence-electron chi connectivity index (χ1n) is 18.7. The van der Waals surface area contributed by atoms with Crippen LogP contribution in [-0.4, -0.2) is 114 Å². The maximum absolute atomic E-state index is 13.4. The number of aromatic nitrogens is 3. The van der Waals surface area contributed by atoms with Crippen LogP contribution in [0.5, 0.6) is 0 Å². The Bertz CT molecular complexity index is 2460. The Hall–Kier alpha value is -4.34. The molecule has 3 aromatic rings. The van der Waals surface area contributed by atoms with E-state index in [1.54, 1.807) is 0 Å². The Balaban J connectivity index is 1.39. The van der Waals surface area contributed by atoms with Crippen LogP contribution >= 0.6 is 0 Å². The third-order valence-electron chi connectivity index (χ3n) is 9.64. The zero-order valence-electron chi connectivity index (χ0n) is 33.0. The molecule has 1 aromatic heterocycles. The quantitative estimate of drug-likeness (QED) is 0.0299. The molecule has 0 amide bonds. The molecule has 0 saturated heterocycles. The minimum atomic E-state index is -4.97. The van der Waals surface area contributed by atoms with E-state index >= 15 is 0 Å². The fourth-order valence-corrected chi connectivity index (χ4v) is 8.83. The summed E-state index contributed by atoms with van der Waals surface area (Å²) in [5.41, 5.74) is 2.88. The third-order valence-corrected chi connectivity index (χ3v) is 12.0. The van der Waals surface area contributed by atoms with Gasteiger partial charge in [-0.25, -0.2) is 22.4 Å². The number of halogens is 3. The Labute approximate surface area is 331 Å². The van der Waals surface area contributed by atoms with Gasteiger partial charge in [-0.2, -0.15) is 8.42 Å². The third kappa shape index (κ3) is 10.8. The van der Waals surface area contributed by atoms with Gasteiger partial charge in [0.15, 0.2) is 0 Å². The van der Waals surface area contributed by atoms with Crippen molar-refractivity contribution < 1.29 is 48.0 Å². The summed E-state index contributed by atoms with van der Waals surface area (Å²) in [4.78, 5) is 1.17. The smallest absolute Gasteiger partial charge is 0.456 e. The maximum Gasteiger partial charge on any atom is 0.531 e. The lowest BCUT2D eigenvalue weighted by molar-refractivity contribution is -0.895. The fraction of sp³-hybridized carbons (Fsp3) is 0.432. The molecule has 0 saturated carbocycles. The number of hydrogen-bond acceptors (Lipinski definition) is 9. The molecule has 2 aromatic carbocycles. The molecule has 1 aliphatic carbocycles. The van der Waals surface area contributed by atoms with Crippen molar-refractivity contribution in [2.24, 2.45) is 0 Å². The highest BCUT2D eigenvalue weighted by atomic mass is 32.2. The first-order valence-corrected chi connectivity index (χ1v) is 21.7. The summed E-state index contributed by atoms with van der Waals surface area (Å²) in [6.07, 6.45) is 0.580. The van der Waals surface area contributed by atoms with Gasteiger partial charge in [-0.3, -0.25) is 4.55 Å². The van der Waals surface area contributed by atoms with E-state index in [1.807, 2.05) is 64.1 Å². The molecular weight excluding hydrogens is 786 g/mol. The van der Waals surface area contributed by atoms with E-state index < -0.39 is 38.5 Å². The van der Waals surface area contributed by atoms with Gasteiger partial charge in [-0.1, -0.05) is 11.3 Å². The molecule has 20 heteroatoms. The molecule has 5 rings (SSSR count). The minimum absolute atomic E-state index is 0.0358. The molecule has 2 heterocycles. The van der Waals surface area contributed by atoms with Crippen molar-refractivity contribution in [1.82, 2.24) is 24.3 Å². The Morgan fingerprint density at radius 2 is 1.65 bits per heavy atom. The molecule has 57 heavy (non-hydrogen) atoms. The summed E-state index contributed by atoms with van der Waals surface area (Å²) in [7, 11) is -6.32. The number of sulfonamides is 1. The van der Waals surface area contributed by atoms with Crippen LogP contribution in [-0.2, 0) is 38.0 Å². The van der Waals surface area contributed by atoms with Crippen molar-refractivity contribution in [3.8, 4) is 22.5 Å². The van der Waals surface area contributed by atoms with E-state index in [9.17, 15) is 34.3 Å². The molecule has 0 spiro atoms. The maximum atomic E-state index is 13.4. The average molecular weight is 837 g/mol. The number of fused-ring (bicyclic) bond motifs is 2. The standard InChI is InChI=1S/C37H49BF3N7O7S2/c1-7-45(8-2)28-11-14-31-34(21-28)55-35-22-29(46(9-3)10-4)12-15-32(35)37(31)33-16-13-30(23-36(33)57(51,52)53)56(49,50)42-17-19-54-20-18-47-24-27(43-44-47)25-48(5,6)26-38(39,40)41/h11-16,21-24,42H,7-10,17-20,25-26H2,1-6H3/p+1. The molecule has 0 fully saturated rings. The number of hydrogen-bond donors (Lipinski definition) is 2. The van der Waals surface area contributed by atoms with Crippen LogP contribution in [0.1, 0.15) is 33.4 Å². The Morgan fingerprint density at radius 1 is 0.947 bits per heavy atom. The molecule has 2 N–H and O–H groups in total. The van der Waals surface area contributed by atoms with E-state index in [-0.39, 0.29) is 47.8 Å². The predicted octanol–water partition coefficient (Wildman–Crippen LogP) is 4.66. The van der Waals surface area contributed by atoms with Crippen molar-refractivity contribution in [1.29, 1.82) is 0 Å². The molecule has 0 unspecified atom stereocenters. The summed E-state index contributed by atoms with van der Waals surface area (Å²) >= 11 is 0. The summed E-state index contributed by atoms with van der Waals surface area (Å²) in [5, 5.41) is 9.35. The van der Waals surface area contributed by atoms with Crippen molar-refractivity contribution in [3.63, 3.8) is 0 Å². The topological polar surface area (TPSA) is 160 Å². The monoisotopic (exact) mass is 836 g/mol. The van der Waals surface area contributed by atoms with Gasteiger partial charge in [-0.15, -0.1) is 5.10 Å². The highest BCUT2D eigenvalue weighted by molar-refractivity contribution is 7.89. The Kier molecular flexibility index (Phi) is 13.6. The SMILES string of the molecule is CCN(CC)c1ccc2c(-c3ccc(S(=O)(=O)NCCOCCn4cc(C[N+](C)(C)C[B-](F)(F)F)nn4)cc3S(=O)(=O)O)c3ccc(=[N+](CC)CC)cc-3oc2c1. The number of nitrogens with one attached hydrogen (secondary N) is 1. The number of nitrogens with zero attached hydrogens (tertiary/aromatic N) is 6. The lowest BCUT2D eigenvalue weighted by Gasteiger charge is -2.33. The van der Waals surface area contributed by atoms with Crippen LogP contribution in [0.2, 0.25) is 0 Å². The van der Waals surface area contributed by atoms with Crippen LogP contribution < -0.4 is 19.6 Å². The average Bonchev–Trinajstić information content (AvgIpc) is 3.57. The minimum Gasteiger partial charge on any atom is -0.456 e. The molecule has 1 aliphatic heterocycles. The van der Waals surface area contributed by atoms with E-state index in [0.29, 0.717) is 33.6 Å². The van der Waals surface area contributed by atoms with Crippen molar-refractivity contribution >= 4 is 43.8 Å². The summed E-state index contributed by atoms with van der Waals surface area (Å²) in [6, 6.07) is 14.9. The second-order valence-corrected chi connectivity index (χ2v) is 17.4. The largest absolute Gasteiger partial charge is 0.531 e. The molecule has 2 aliphatic rings. The highest BCUT2D eigenvalue weighted by Gasteiger charge is 2.34. The molecule has 0 radical (unpaired) electrons. The van der Waals surface area contributed by atoms with Crippen molar-refractivity contribution in [2.75, 3.05) is 71.4 Å². The second-order valence-electron chi connectivity index (χ2n) is 14.3. The Morgan fingerprint density at radius 3 is 2.30 bits per heavy atom. The van der Waals surface area contributed by atoms with Crippen LogP contribution in [0.25, 0.3) is 33.4 Å². The van der Waals surface area contributed by atoms with Crippen LogP contribution in [0, 0.1) is 0 Å². The molecule has 310 valence electrons. The van der Waals surface area contributed by atoms with Gasteiger partial charge in [0.1, 0.15) is 41.6 Å². The van der Waals surface area contributed by atoms with E-state index in [4.69, 9.17) is 9.15 Å².